The summed E-state index contributed by atoms with van der Waals surface area (Å²) in [5.74, 6) is -2.18. The number of benzene rings is 3. The van der Waals surface area contributed by atoms with Gasteiger partial charge in [0, 0.05) is 22.8 Å². The number of carbonyl (C=O) groups excluding carboxylic acids is 3. The van der Waals surface area contributed by atoms with Gasteiger partial charge in [-0.2, -0.15) is 0 Å². The summed E-state index contributed by atoms with van der Waals surface area (Å²) < 4.78 is 25.8. The maximum Gasteiger partial charge on any atom is 0.356 e. The Balaban J connectivity index is 1.29. The number of anilines is 1. The van der Waals surface area contributed by atoms with Crippen LogP contribution in [-0.4, -0.2) is 62.4 Å². The number of esters is 1. The van der Waals surface area contributed by atoms with Gasteiger partial charge in [-0.25, -0.2) is 14.2 Å². The number of hydrogen-bond acceptors (Lipinski definition) is 11. The van der Waals surface area contributed by atoms with Crippen LogP contribution in [0.5, 0.6) is 5.75 Å². The molecular weight excluding hydrogens is 634 g/mol. The first kappa shape index (κ1) is 30.8. The van der Waals surface area contributed by atoms with Crippen molar-refractivity contribution in [3.05, 3.63) is 124 Å². The van der Waals surface area contributed by atoms with E-state index in [2.05, 4.69) is 15.5 Å². The molecule has 0 bridgehead atoms. The summed E-state index contributed by atoms with van der Waals surface area (Å²) >= 11 is 2.36. The molecule has 234 valence electrons. The van der Waals surface area contributed by atoms with Gasteiger partial charge in [0.2, 0.25) is 0 Å². The van der Waals surface area contributed by atoms with Gasteiger partial charge in [0.25, 0.3) is 11.8 Å². The molecule has 4 N–H and O–H groups in total. The summed E-state index contributed by atoms with van der Waals surface area (Å²) in [5.41, 5.74) is 7.17. The maximum atomic E-state index is 14.1. The van der Waals surface area contributed by atoms with Crippen molar-refractivity contribution in [1.29, 1.82) is 0 Å². The van der Waals surface area contributed by atoms with Crippen molar-refractivity contribution >= 4 is 51.7 Å². The van der Waals surface area contributed by atoms with Gasteiger partial charge in [-0.05, 0) is 23.3 Å². The molecule has 2 aliphatic heterocycles. The lowest BCUT2D eigenvalue weighted by atomic mass is 10.0. The molecule has 6 rings (SSSR count). The van der Waals surface area contributed by atoms with E-state index >= 15 is 0 Å². The van der Waals surface area contributed by atoms with Gasteiger partial charge in [0.05, 0.1) is 0 Å². The molecule has 1 fully saturated rings. The summed E-state index contributed by atoms with van der Waals surface area (Å²) in [4.78, 5) is 46.0. The Labute approximate surface area is 270 Å². The first-order valence-electron chi connectivity index (χ1n) is 13.9. The minimum Gasteiger partial charge on any atom is -0.489 e. The molecule has 3 heterocycles. The molecule has 0 radical (unpaired) electrons. The molecule has 3 aromatic carbocycles. The number of thioether (sulfide) groups is 1. The minimum absolute atomic E-state index is 0.0177. The molecule has 46 heavy (non-hydrogen) atoms. The first-order chi connectivity index (χ1) is 22.3. The van der Waals surface area contributed by atoms with Crippen LogP contribution >= 0.6 is 23.1 Å². The van der Waals surface area contributed by atoms with Crippen LogP contribution in [0, 0.1) is 5.82 Å². The van der Waals surface area contributed by atoms with Crippen molar-refractivity contribution in [2.24, 2.45) is 5.16 Å². The van der Waals surface area contributed by atoms with Crippen molar-refractivity contribution in [2.45, 2.75) is 17.5 Å². The molecule has 11 nitrogen and oxygen atoms in total. The Morgan fingerprint density at radius 1 is 1.09 bits per heavy atom. The van der Waals surface area contributed by atoms with Crippen LogP contribution in [0.1, 0.15) is 22.9 Å². The fourth-order valence-electron chi connectivity index (χ4n) is 5.08. The summed E-state index contributed by atoms with van der Waals surface area (Å²) in [6, 6.07) is 22.9. The van der Waals surface area contributed by atoms with Crippen molar-refractivity contribution in [3.63, 3.8) is 0 Å². The maximum absolute atomic E-state index is 14.1. The number of aromatic nitrogens is 1. The molecule has 2 atom stereocenters. The zero-order valence-electron chi connectivity index (χ0n) is 23.9. The van der Waals surface area contributed by atoms with Crippen LogP contribution in [0.15, 0.2) is 107 Å². The van der Waals surface area contributed by atoms with Crippen molar-refractivity contribution in [2.75, 3.05) is 18.1 Å². The van der Waals surface area contributed by atoms with E-state index < -0.39 is 46.8 Å². The summed E-state index contributed by atoms with van der Waals surface area (Å²) in [6.07, 6.45) is -0.790. The number of hydrogen-bond donors (Lipinski definition) is 3. The third kappa shape index (κ3) is 6.30. The van der Waals surface area contributed by atoms with E-state index in [0.29, 0.717) is 5.57 Å². The topological polar surface area (TPSA) is 156 Å². The number of thiazole rings is 1. The monoisotopic (exact) mass is 659 g/mol. The van der Waals surface area contributed by atoms with Crippen LogP contribution in [-0.2, 0) is 19.1 Å². The van der Waals surface area contributed by atoms with Crippen molar-refractivity contribution < 1.29 is 33.5 Å². The Kier molecular flexibility index (Phi) is 8.99. The predicted molar refractivity (Wildman–Crippen MR) is 170 cm³/mol. The molecule has 2 aliphatic rings. The number of nitrogens with zero attached hydrogens (tertiary/aromatic N) is 3. The standard InChI is InChI=1S/C32H26FN5O6S2/c33-21-12-7-13-22(14-21)43-15-20-16-45-30-25(36-28(39)24(37-42)23-17-46-32(34)35-23)29(40)38(30)26(20)31(41)44-27(18-8-3-1-4-9-18)19-10-5-2-6-11-19/h1-14,17,25,27,30,42H,15-16H2,(H2,34,35)(H,36,39)/t25?,30-/m0/s1. The Hall–Kier alpha value is -5.21. The number of amides is 2. The second kappa shape index (κ2) is 13.4. The largest absolute Gasteiger partial charge is 0.489 e. The SMILES string of the molecule is Nc1nc(C(=NO)C(=O)NC2C(=O)N3C(C(=O)OC(c4ccccc4)c4ccccc4)=C(COc4cccc(F)c4)CS[C@@H]23)cs1. The number of β-lactam (4-membered cyclic amide) rings is 1. The fourth-order valence-corrected chi connectivity index (χ4v) is 6.95. The Morgan fingerprint density at radius 3 is 2.39 bits per heavy atom. The van der Waals surface area contributed by atoms with E-state index in [9.17, 15) is 24.0 Å². The first-order valence-corrected chi connectivity index (χ1v) is 15.9. The van der Waals surface area contributed by atoms with Crippen LogP contribution in [0.3, 0.4) is 0 Å². The lowest BCUT2D eigenvalue weighted by Crippen LogP contribution is -2.71. The number of oxime groups is 1. The summed E-state index contributed by atoms with van der Waals surface area (Å²) in [5, 5.41) is 16.1. The molecule has 0 spiro atoms. The van der Waals surface area contributed by atoms with Gasteiger partial charge in [0.1, 0.15) is 41.0 Å². The number of rotatable bonds is 10. The number of halogens is 1. The highest BCUT2D eigenvalue weighted by Crippen LogP contribution is 2.42. The molecule has 4 aromatic rings. The number of nitrogens with two attached hydrogens (primary N) is 1. The Morgan fingerprint density at radius 2 is 1.78 bits per heavy atom. The van der Waals surface area contributed by atoms with Gasteiger partial charge in [-0.15, -0.1) is 23.1 Å². The van der Waals surface area contributed by atoms with Gasteiger partial charge in [0.15, 0.2) is 16.9 Å². The second-order valence-electron chi connectivity index (χ2n) is 10.2. The molecule has 0 saturated carbocycles. The highest BCUT2D eigenvalue weighted by Gasteiger charge is 2.55. The van der Waals surface area contributed by atoms with E-state index in [4.69, 9.17) is 15.2 Å². The van der Waals surface area contributed by atoms with E-state index in [1.807, 2.05) is 60.7 Å². The van der Waals surface area contributed by atoms with Crippen LogP contribution in [0.25, 0.3) is 0 Å². The van der Waals surface area contributed by atoms with Gasteiger partial charge < -0.3 is 25.7 Å². The molecular formula is C32H26FN5O6S2. The number of nitrogens with one attached hydrogen (secondary N) is 1. The number of carbonyl (C=O) groups is 3. The summed E-state index contributed by atoms with van der Waals surface area (Å²) in [6.45, 7) is -0.123. The predicted octanol–water partition coefficient (Wildman–Crippen LogP) is 4.11. The zero-order chi connectivity index (χ0) is 32.2. The fraction of sp³-hybridized carbons (Fsp3) is 0.156. The highest BCUT2D eigenvalue weighted by molar-refractivity contribution is 8.00. The number of fused-ring (bicyclic) bond motifs is 1. The smallest absolute Gasteiger partial charge is 0.356 e. The van der Waals surface area contributed by atoms with Gasteiger partial charge >= 0.3 is 5.97 Å². The lowest BCUT2D eigenvalue weighted by molar-refractivity contribution is -0.154. The molecule has 14 heteroatoms. The van der Waals surface area contributed by atoms with Gasteiger partial charge in [-0.1, -0.05) is 71.9 Å². The van der Waals surface area contributed by atoms with E-state index in [1.54, 1.807) is 6.07 Å². The van der Waals surface area contributed by atoms with E-state index in [1.165, 1.54) is 40.2 Å². The molecule has 2 amide bonds. The molecule has 0 aliphatic carbocycles. The zero-order valence-corrected chi connectivity index (χ0v) is 25.5. The number of ether oxygens (including phenoxy) is 2. The van der Waals surface area contributed by atoms with Crippen molar-refractivity contribution in [3.8, 4) is 5.75 Å². The molecule has 1 saturated heterocycles. The van der Waals surface area contributed by atoms with Crippen molar-refractivity contribution in [1.82, 2.24) is 15.2 Å². The average molecular weight is 660 g/mol. The average Bonchev–Trinajstić information content (AvgIpc) is 3.51. The van der Waals surface area contributed by atoms with Gasteiger partial charge in [-0.3, -0.25) is 14.5 Å². The third-order valence-corrected chi connectivity index (χ3v) is 9.26. The number of nitrogen functional groups attached to an aromatic ring is 1. The quantitative estimate of drug-likeness (QED) is 0.0750. The highest BCUT2D eigenvalue weighted by atomic mass is 32.2. The second-order valence-corrected chi connectivity index (χ2v) is 12.2. The minimum atomic E-state index is -1.04. The van der Waals surface area contributed by atoms with E-state index in [0.717, 1.165) is 22.5 Å². The Bertz CT molecular complexity index is 1800. The third-order valence-electron chi connectivity index (χ3n) is 7.25. The normalized spacial score (nSPS) is 17.7. The molecule has 1 unspecified atom stereocenters. The molecule has 1 aromatic heterocycles. The van der Waals surface area contributed by atoms with Crippen LogP contribution in [0.4, 0.5) is 9.52 Å². The van der Waals surface area contributed by atoms with Crippen LogP contribution in [0.2, 0.25) is 0 Å². The lowest BCUT2D eigenvalue weighted by Gasteiger charge is -2.49. The van der Waals surface area contributed by atoms with E-state index in [-0.39, 0.29) is 34.6 Å². The summed E-state index contributed by atoms with van der Waals surface area (Å²) in [7, 11) is 0. The van der Waals surface area contributed by atoms with Crippen LogP contribution < -0.4 is 15.8 Å².